The maximum absolute atomic E-state index is 12.6. The molecule has 0 aliphatic heterocycles. The van der Waals surface area contributed by atoms with Gasteiger partial charge in [-0.25, -0.2) is 0 Å². The van der Waals surface area contributed by atoms with Crippen molar-refractivity contribution < 1.29 is 4.79 Å². The number of anilines is 1. The third-order valence-corrected chi connectivity index (χ3v) is 5.40. The molecule has 0 aliphatic carbocycles. The summed E-state index contributed by atoms with van der Waals surface area (Å²) in [6.07, 6.45) is 1.72. The molecule has 0 bridgehead atoms. The van der Waals surface area contributed by atoms with Crippen LogP contribution in [0.25, 0.3) is 10.9 Å². The highest BCUT2D eigenvalue weighted by molar-refractivity contribution is 9.10. The minimum Gasteiger partial charge on any atom is -0.320 e. The molecule has 1 N–H and O–H groups in total. The first kappa shape index (κ1) is 17.7. The molecule has 0 spiro atoms. The Morgan fingerprint density at radius 1 is 1.12 bits per heavy atom. The van der Waals surface area contributed by atoms with Crippen molar-refractivity contribution in [3.8, 4) is 0 Å². The summed E-state index contributed by atoms with van der Waals surface area (Å²) < 4.78 is 0.907. The maximum Gasteiger partial charge on any atom is 0.258 e. The molecule has 3 aromatic rings. The fraction of sp³-hybridized carbons (Fsp3) is 0.0588. The van der Waals surface area contributed by atoms with Crippen molar-refractivity contribution in [2.24, 2.45) is 0 Å². The maximum atomic E-state index is 12.6. The van der Waals surface area contributed by atoms with E-state index in [1.165, 1.54) is 0 Å². The van der Waals surface area contributed by atoms with Crippen molar-refractivity contribution in [1.29, 1.82) is 0 Å². The molecule has 2 aromatic carbocycles. The lowest BCUT2D eigenvalue weighted by atomic mass is 10.1. The molecule has 3 nitrogen and oxygen atoms in total. The highest BCUT2D eigenvalue weighted by Gasteiger charge is 2.17. The SMILES string of the molecule is O=C(Nc1cccc2c(CBr)c(Br)cnc12)c1c(Cl)cccc1Cl. The predicted octanol–water partition coefficient (Wildman–Crippen LogP) is 6.45. The number of fused-ring (bicyclic) bond motifs is 1. The smallest absolute Gasteiger partial charge is 0.258 e. The molecule has 0 fully saturated rings. The van der Waals surface area contributed by atoms with Gasteiger partial charge in [-0.3, -0.25) is 9.78 Å². The van der Waals surface area contributed by atoms with Crippen LogP contribution >= 0.6 is 55.1 Å². The van der Waals surface area contributed by atoms with E-state index in [9.17, 15) is 4.79 Å². The average Bonchev–Trinajstić information content (AvgIpc) is 2.54. The van der Waals surface area contributed by atoms with Crippen LogP contribution in [0, 0.1) is 0 Å². The van der Waals surface area contributed by atoms with E-state index in [1.54, 1.807) is 30.5 Å². The van der Waals surface area contributed by atoms with E-state index < -0.39 is 0 Å². The van der Waals surface area contributed by atoms with Crippen molar-refractivity contribution in [2.75, 3.05) is 5.32 Å². The summed E-state index contributed by atoms with van der Waals surface area (Å²) >= 11 is 19.2. The van der Waals surface area contributed by atoms with Gasteiger partial charge in [0.15, 0.2) is 0 Å². The number of pyridine rings is 1. The Hall–Kier alpha value is -1.14. The number of carbonyl (C=O) groups is 1. The highest BCUT2D eigenvalue weighted by atomic mass is 79.9. The third kappa shape index (κ3) is 3.31. The van der Waals surface area contributed by atoms with Gasteiger partial charge in [0, 0.05) is 21.4 Å². The Balaban J connectivity index is 2.06. The summed E-state index contributed by atoms with van der Waals surface area (Å²) in [5.74, 6) is -0.372. The topological polar surface area (TPSA) is 42.0 Å². The third-order valence-electron chi connectivity index (χ3n) is 3.53. The lowest BCUT2D eigenvalue weighted by molar-refractivity contribution is 0.102. The van der Waals surface area contributed by atoms with Gasteiger partial charge in [0.2, 0.25) is 0 Å². The molecule has 0 saturated carbocycles. The number of para-hydroxylation sites is 1. The summed E-state index contributed by atoms with van der Waals surface area (Å²) in [6, 6.07) is 10.6. The number of hydrogen-bond acceptors (Lipinski definition) is 2. The zero-order chi connectivity index (χ0) is 17.3. The van der Waals surface area contributed by atoms with E-state index in [0.717, 1.165) is 15.4 Å². The van der Waals surface area contributed by atoms with Crippen LogP contribution < -0.4 is 5.32 Å². The molecule has 1 amide bonds. The number of halogens is 4. The number of hydrogen-bond donors (Lipinski definition) is 1. The van der Waals surface area contributed by atoms with Crippen molar-refractivity contribution in [3.63, 3.8) is 0 Å². The normalized spacial score (nSPS) is 10.8. The summed E-state index contributed by atoms with van der Waals surface area (Å²) in [6.45, 7) is 0. The summed E-state index contributed by atoms with van der Waals surface area (Å²) in [5, 5.41) is 5.07. The highest BCUT2D eigenvalue weighted by Crippen LogP contribution is 2.31. The molecule has 0 aliphatic rings. The Morgan fingerprint density at radius 3 is 2.46 bits per heavy atom. The van der Waals surface area contributed by atoms with E-state index >= 15 is 0 Å². The predicted molar refractivity (Wildman–Crippen MR) is 106 cm³/mol. The molecule has 7 heteroatoms. The summed E-state index contributed by atoms with van der Waals surface area (Å²) in [5.41, 5.74) is 2.61. The number of nitrogens with one attached hydrogen (secondary N) is 1. The molecule has 122 valence electrons. The van der Waals surface area contributed by atoms with Crippen LogP contribution in [0.3, 0.4) is 0 Å². The standard InChI is InChI=1S/C17H10Br2Cl2N2O/c18-7-10-9-3-1-6-14(16(9)22-8-11(10)19)23-17(24)15-12(20)4-2-5-13(15)21/h1-6,8H,7H2,(H,23,24). The summed E-state index contributed by atoms with van der Waals surface area (Å²) in [7, 11) is 0. The molecule has 0 saturated heterocycles. The van der Waals surface area contributed by atoms with Gasteiger partial charge >= 0.3 is 0 Å². The minimum absolute atomic E-state index is 0.246. The lowest BCUT2D eigenvalue weighted by Crippen LogP contribution is -2.13. The quantitative estimate of drug-likeness (QED) is 0.430. The van der Waals surface area contributed by atoms with Crippen LogP contribution in [0.1, 0.15) is 15.9 Å². The van der Waals surface area contributed by atoms with Gasteiger partial charge in [0.05, 0.1) is 26.8 Å². The number of carbonyl (C=O) groups excluding carboxylic acids is 1. The monoisotopic (exact) mass is 486 g/mol. The molecule has 1 heterocycles. The Kier molecular flexibility index (Phi) is 5.45. The number of alkyl halides is 1. The van der Waals surface area contributed by atoms with Gasteiger partial charge in [-0.15, -0.1) is 0 Å². The van der Waals surface area contributed by atoms with Crippen molar-refractivity contribution in [3.05, 3.63) is 68.2 Å². The fourth-order valence-corrected chi connectivity index (χ4v) is 4.40. The van der Waals surface area contributed by atoms with Gasteiger partial charge in [-0.2, -0.15) is 0 Å². The van der Waals surface area contributed by atoms with Gasteiger partial charge in [0.25, 0.3) is 5.91 Å². The fourth-order valence-electron chi connectivity index (χ4n) is 2.39. The first-order valence-corrected chi connectivity index (χ1v) is 9.57. The van der Waals surface area contributed by atoms with Gasteiger partial charge in [-0.05, 0) is 39.7 Å². The van der Waals surface area contributed by atoms with E-state index in [1.807, 2.05) is 12.1 Å². The minimum atomic E-state index is -0.372. The second-order valence-corrected chi connectivity index (χ2v) is 7.20. The number of amides is 1. The molecular formula is C17H10Br2Cl2N2O. The van der Waals surface area contributed by atoms with Gasteiger partial charge < -0.3 is 5.32 Å². The van der Waals surface area contributed by atoms with Crippen LogP contribution in [0.5, 0.6) is 0 Å². The van der Waals surface area contributed by atoms with Crippen LogP contribution in [0.15, 0.2) is 47.1 Å². The van der Waals surface area contributed by atoms with E-state index in [0.29, 0.717) is 26.6 Å². The molecule has 3 rings (SSSR count). The zero-order valence-corrected chi connectivity index (χ0v) is 16.8. The van der Waals surface area contributed by atoms with Crippen LogP contribution in [0.4, 0.5) is 5.69 Å². The first-order chi connectivity index (χ1) is 11.5. The van der Waals surface area contributed by atoms with Gasteiger partial charge in [0.1, 0.15) is 0 Å². The lowest BCUT2D eigenvalue weighted by Gasteiger charge is -2.12. The van der Waals surface area contributed by atoms with Crippen molar-refractivity contribution >= 4 is 77.6 Å². The number of rotatable bonds is 3. The molecular weight excluding hydrogens is 479 g/mol. The van der Waals surface area contributed by atoms with Gasteiger partial charge in [-0.1, -0.05) is 57.3 Å². The molecule has 1 aromatic heterocycles. The largest absolute Gasteiger partial charge is 0.320 e. The molecule has 0 radical (unpaired) electrons. The van der Waals surface area contributed by atoms with E-state index in [-0.39, 0.29) is 11.5 Å². The molecule has 24 heavy (non-hydrogen) atoms. The Bertz CT molecular complexity index is 927. The summed E-state index contributed by atoms with van der Waals surface area (Å²) in [4.78, 5) is 17.0. The van der Waals surface area contributed by atoms with E-state index in [4.69, 9.17) is 23.2 Å². The van der Waals surface area contributed by atoms with Crippen LogP contribution in [-0.2, 0) is 5.33 Å². The number of aromatic nitrogens is 1. The zero-order valence-electron chi connectivity index (χ0n) is 12.1. The Morgan fingerprint density at radius 2 is 1.79 bits per heavy atom. The average molecular weight is 489 g/mol. The second-order valence-electron chi connectivity index (χ2n) is 4.97. The van der Waals surface area contributed by atoms with Crippen LogP contribution in [0.2, 0.25) is 10.0 Å². The second kappa shape index (κ2) is 7.40. The van der Waals surface area contributed by atoms with E-state index in [2.05, 4.69) is 42.2 Å². The number of benzene rings is 2. The molecule has 0 atom stereocenters. The number of nitrogens with zero attached hydrogens (tertiary/aromatic N) is 1. The van der Waals surface area contributed by atoms with Crippen LogP contribution in [-0.4, -0.2) is 10.9 Å². The first-order valence-electron chi connectivity index (χ1n) is 6.90. The Labute approximate surface area is 165 Å². The van der Waals surface area contributed by atoms with Crippen molar-refractivity contribution in [2.45, 2.75) is 5.33 Å². The van der Waals surface area contributed by atoms with Crippen molar-refractivity contribution in [1.82, 2.24) is 4.98 Å². The molecule has 0 unspecified atom stereocenters.